The Balaban J connectivity index is 0.00000138. The molecule has 0 bridgehead atoms. The number of H-pyrrole nitrogens is 2. The van der Waals surface area contributed by atoms with Crippen LogP contribution in [0.2, 0.25) is 0 Å². The summed E-state index contributed by atoms with van der Waals surface area (Å²) in [4.78, 5) is 7.48. The molecule has 2 atom stereocenters. The summed E-state index contributed by atoms with van der Waals surface area (Å²) in [5.74, 6) is 0. The molecule has 2 N–H and O–H groups in total. The molecule has 2 unspecified atom stereocenters. The largest absolute Gasteiger partial charge is 1.00 e. The maximum Gasteiger partial charge on any atom is -1.00 e. The first-order chi connectivity index (χ1) is 18.3. The number of hydrogen-bond donors (Lipinski definition) is 2. The fraction of sp³-hybridized carbons (Fsp3) is 0.0588. The van der Waals surface area contributed by atoms with Crippen LogP contribution >= 0.6 is 0 Å². The van der Waals surface area contributed by atoms with Gasteiger partial charge in [0.2, 0.25) is 0 Å². The second-order valence-electron chi connectivity index (χ2n) is 10.0. The van der Waals surface area contributed by atoms with Gasteiger partial charge in [0, 0.05) is 0 Å². The van der Waals surface area contributed by atoms with Crippen molar-refractivity contribution in [1.29, 1.82) is 0 Å². The molecule has 2 aliphatic carbocycles. The van der Waals surface area contributed by atoms with Crippen molar-refractivity contribution in [2.45, 2.75) is 8.45 Å². The van der Waals surface area contributed by atoms with E-state index < -0.39 is 19.2 Å². The summed E-state index contributed by atoms with van der Waals surface area (Å²) in [6.45, 7) is 0. The number of aromatic nitrogens is 2. The standard InChI is InChI=1S/2C17H12N.2ClH.Ti/c2*1-2-6-13-10-15(9-12(13)5-1)17-11-14-7-3-4-8-16(14)18-17;;;/h2*1-11,18H;2*1H;/q;;;;+2/p-2. The summed E-state index contributed by atoms with van der Waals surface area (Å²) in [7, 11) is 0. The smallest absolute Gasteiger partial charge is 1.00 e. The van der Waals surface area contributed by atoms with E-state index in [0.717, 1.165) is 0 Å². The van der Waals surface area contributed by atoms with Gasteiger partial charge in [-0.15, -0.1) is 0 Å². The van der Waals surface area contributed by atoms with Gasteiger partial charge >= 0.3 is 226 Å². The Bertz CT molecular complexity index is 1690. The number of hydrogen-bond acceptors (Lipinski definition) is 0. The Kier molecular flexibility index (Phi) is 6.91. The average molecular weight is 579 g/mol. The summed E-state index contributed by atoms with van der Waals surface area (Å²) < 4.78 is 0.876. The molecule has 0 fully saturated rings. The fourth-order valence-corrected chi connectivity index (χ4v) is 9.31. The first kappa shape index (κ1) is 26.0. The Morgan fingerprint density at radius 1 is 0.487 bits per heavy atom. The van der Waals surface area contributed by atoms with Crippen LogP contribution in [0.15, 0.2) is 109 Å². The van der Waals surface area contributed by atoms with Crippen LogP contribution in [0.5, 0.6) is 0 Å². The topological polar surface area (TPSA) is 31.6 Å². The monoisotopic (exact) mass is 578 g/mol. The third-order valence-corrected chi connectivity index (χ3v) is 10.9. The summed E-state index contributed by atoms with van der Waals surface area (Å²) in [5, 5.41) is 2.55. The molecule has 0 aliphatic heterocycles. The molecule has 2 heterocycles. The van der Waals surface area contributed by atoms with Gasteiger partial charge in [-0.05, 0) is 0 Å². The predicted octanol–water partition coefficient (Wildman–Crippen LogP) is 2.63. The van der Waals surface area contributed by atoms with Gasteiger partial charge < -0.3 is 24.8 Å². The zero-order chi connectivity index (χ0) is 24.3. The van der Waals surface area contributed by atoms with E-state index >= 15 is 0 Å². The molecule has 2 aliphatic rings. The van der Waals surface area contributed by atoms with Crippen LogP contribution in [0.4, 0.5) is 0 Å². The predicted molar refractivity (Wildman–Crippen MR) is 151 cm³/mol. The van der Waals surface area contributed by atoms with E-state index in [-0.39, 0.29) is 24.8 Å². The van der Waals surface area contributed by atoms with E-state index in [4.69, 9.17) is 0 Å². The van der Waals surface area contributed by atoms with Gasteiger partial charge in [0.15, 0.2) is 0 Å². The SMILES string of the molecule is C1=C(c2cc3ccccc3[nH]2)[CH]([Ti+2][CH]2C(c3cc4ccccc4[nH]3)=Cc3ccccc32)c2ccccc21.[Cl-].[Cl-]. The average Bonchev–Trinajstić information content (AvgIpc) is 3.71. The number of halogens is 2. The second kappa shape index (κ2) is 10.4. The van der Waals surface area contributed by atoms with Gasteiger partial charge in [-0.2, -0.15) is 0 Å². The zero-order valence-electron chi connectivity index (χ0n) is 21.0. The molecule has 188 valence electrons. The minimum Gasteiger partial charge on any atom is -1.00 e. The summed E-state index contributed by atoms with van der Waals surface area (Å²) >= 11 is -0.513. The maximum absolute atomic E-state index is 3.74. The molecule has 0 radical (unpaired) electrons. The Hall–Kier alpha value is -3.27. The van der Waals surface area contributed by atoms with E-state index in [0.29, 0.717) is 8.45 Å². The molecule has 2 aromatic heterocycles. The van der Waals surface area contributed by atoms with Crippen LogP contribution < -0.4 is 24.8 Å². The molecule has 0 saturated heterocycles. The third-order valence-electron chi connectivity index (χ3n) is 7.87. The summed E-state index contributed by atoms with van der Waals surface area (Å²) in [6, 6.07) is 39.9. The minimum absolute atomic E-state index is 0. The van der Waals surface area contributed by atoms with E-state index in [2.05, 4.69) is 131 Å². The van der Waals surface area contributed by atoms with Crippen LogP contribution in [0.3, 0.4) is 0 Å². The molecule has 0 amide bonds. The molecule has 8 rings (SSSR count). The van der Waals surface area contributed by atoms with Crippen molar-refractivity contribution in [3.05, 3.63) is 143 Å². The molecule has 39 heavy (non-hydrogen) atoms. The Morgan fingerprint density at radius 3 is 1.36 bits per heavy atom. The molecule has 4 aromatic carbocycles. The van der Waals surface area contributed by atoms with Crippen molar-refractivity contribution >= 4 is 45.1 Å². The quantitative estimate of drug-likeness (QED) is 0.302. The van der Waals surface area contributed by atoms with E-state index in [1.165, 1.54) is 66.6 Å². The molecule has 2 nitrogen and oxygen atoms in total. The number of para-hydroxylation sites is 2. The molecular weight excluding hydrogens is 555 g/mol. The van der Waals surface area contributed by atoms with Gasteiger partial charge in [-0.25, -0.2) is 0 Å². The molecule has 6 aromatic rings. The molecule has 0 saturated carbocycles. The van der Waals surface area contributed by atoms with Crippen LogP contribution in [-0.4, -0.2) is 9.97 Å². The van der Waals surface area contributed by atoms with Crippen LogP contribution in [-0.2, 0) is 19.2 Å². The zero-order valence-corrected chi connectivity index (χ0v) is 24.0. The van der Waals surface area contributed by atoms with Crippen LogP contribution in [0.25, 0.3) is 45.1 Å². The number of fused-ring (bicyclic) bond motifs is 4. The van der Waals surface area contributed by atoms with Crippen molar-refractivity contribution in [1.82, 2.24) is 9.97 Å². The van der Waals surface area contributed by atoms with Crippen molar-refractivity contribution in [2.75, 3.05) is 0 Å². The first-order valence-electron chi connectivity index (χ1n) is 12.9. The van der Waals surface area contributed by atoms with Crippen molar-refractivity contribution in [3.63, 3.8) is 0 Å². The third kappa shape index (κ3) is 4.33. The Morgan fingerprint density at radius 2 is 0.897 bits per heavy atom. The number of rotatable bonds is 4. The van der Waals surface area contributed by atoms with Gasteiger partial charge in [-0.3, -0.25) is 0 Å². The fourth-order valence-electron chi connectivity index (χ4n) is 6.10. The van der Waals surface area contributed by atoms with Crippen molar-refractivity contribution in [2.24, 2.45) is 0 Å². The molecule has 5 heteroatoms. The van der Waals surface area contributed by atoms with E-state index in [1.807, 2.05) is 0 Å². The van der Waals surface area contributed by atoms with Gasteiger partial charge in [0.1, 0.15) is 0 Å². The van der Waals surface area contributed by atoms with Gasteiger partial charge in [0.25, 0.3) is 0 Å². The number of benzene rings is 4. The number of allylic oxidation sites excluding steroid dienone is 2. The number of nitrogens with one attached hydrogen (secondary N) is 2. The van der Waals surface area contributed by atoms with Crippen molar-refractivity contribution in [3.8, 4) is 0 Å². The minimum atomic E-state index is -0.513. The van der Waals surface area contributed by atoms with Gasteiger partial charge in [0.05, 0.1) is 0 Å². The first-order valence-corrected chi connectivity index (χ1v) is 14.7. The maximum atomic E-state index is 3.74. The van der Waals surface area contributed by atoms with Crippen LogP contribution in [0.1, 0.15) is 42.1 Å². The summed E-state index contributed by atoms with van der Waals surface area (Å²) in [6.07, 6.45) is 4.86. The molecular formula is C34H24Cl2N2Ti. The summed E-state index contributed by atoms with van der Waals surface area (Å²) in [5.41, 5.74) is 13.5. The van der Waals surface area contributed by atoms with Crippen molar-refractivity contribution < 1.29 is 44.0 Å². The number of aromatic amines is 2. The molecule has 0 spiro atoms. The van der Waals surface area contributed by atoms with E-state index in [9.17, 15) is 0 Å². The van der Waals surface area contributed by atoms with Gasteiger partial charge in [-0.1, -0.05) is 0 Å². The second-order valence-corrected chi connectivity index (χ2v) is 12.4. The van der Waals surface area contributed by atoms with E-state index in [1.54, 1.807) is 0 Å². The normalized spacial score (nSPS) is 17.0. The van der Waals surface area contributed by atoms with Crippen LogP contribution in [0, 0.1) is 0 Å². The Labute approximate surface area is 249 Å².